The third-order valence-corrected chi connectivity index (χ3v) is 4.68. The summed E-state index contributed by atoms with van der Waals surface area (Å²) in [4.78, 5) is 19.7. The molecular formula is C21H24F4N6O. The van der Waals surface area contributed by atoms with Gasteiger partial charge in [0.2, 0.25) is 5.96 Å². The lowest BCUT2D eigenvalue weighted by molar-refractivity contribution is -0.141. The quantitative estimate of drug-likeness (QED) is 0.317. The van der Waals surface area contributed by atoms with Crippen molar-refractivity contribution >= 4 is 11.9 Å². The fourth-order valence-corrected chi connectivity index (χ4v) is 3.12. The molecule has 1 aromatic heterocycles. The molecular weight excluding hydrogens is 428 g/mol. The van der Waals surface area contributed by atoms with Gasteiger partial charge in [0.05, 0.1) is 11.7 Å². The number of pyridine rings is 1. The molecule has 11 heteroatoms. The lowest BCUT2D eigenvalue weighted by Crippen LogP contribution is -2.50. The Hall–Kier alpha value is -3.05. The number of amides is 1. The lowest BCUT2D eigenvalue weighted by atomic mass is 10.0. The minimum atomic E-state index is -4.78. The van der Waals surface area contributed by atoms with Gasteiger partial charge < -0.3 is 10.6 Å². The molecule has 1 amide bonds. The number of rotatable bonds is 5. The summed E-state index contributed by atoms with van der Waals surface area (Å²) in [6.07, 6.45) is -3.67. The zero-order chi connectivity index (χ0) is 23.3. The summed E-state index contributed by atoms with van der Waals surface area (Å²) < 4.78 is 52.8. The number of hydrogen-bond donors (Lipinski definition) is 4. The smallest absolute Gasteiger partial charge is 0.356 e. The molecule has 1 aliphatic rings. The third-order valence-electron chi connectivity index (χ3n) is 4.68. The van der Waals surface area contributed by atoms with Gasteiger partial charge in [-0.3, -0.25) is 9.78 Å². The number of benzene rings is 1. The minimum absolute atomic E-state index is 0.0414. The maximum Gasteiger partial charge on any atom is 0.434 e. The summed E-state index contributed by atoms with van der Waals surface area (Å²) in [5, 5.41) is 5.98. The van der Waals surface area contributed by atoms with Crippen LogP contribution in [-0.4, -0.2) is 29.6 Å². The molecule has 2 aromatic rings. The maximum absolute atomic E-state index is 13.2. The van der Waals surface area contributed by atoms with E-state index in [-0.39, 0.29) is 29.9 Å². The average Bonchev–Trinajstić information content (AvgIpc) is 3.20. The molecule has 2 heterocycles. The predicted octanol–water partition coefficient (Wildman–Crippen LogP) is 3.14. The van der Waals surface area contributed by atoms with E-state index in [1.54, 1.807) is 12.1 Å². The summed E-state index contributed by atoms with van der Waals surface area (Å²) in [6, 6.07) is 8.20. The van der Waals surface area contributed by atoms with Gasteiger partial charge in [-0.15, -0.1) is 0 Å². The largest absolute Gasteiger partial charge is 0.434 e. The van der Waals surface area contributed by atoms with E-state index in [2.05, 4.69) is 31.5 Å². The normalized spacial score (nSPS) is 19.3. The number of carbonyl (C=O) groups is 1. The van der Waals surface area contributed by atoms with E-state index in [9.17, 15) is 22.4 Å². The summed E-state index contributed by atoms with van der Waals surface area (Å²) in [5.74, 6) is -1.17. The Bertz CT molecular complexity index is 962. The Morgan fingerprint density at radius 2 is 1.94 bits per heavy atom. The van der Waals surface area contributed by atoms with Crippen LogP contribution >= 0.6 is 0 Å². The molecule has 1 saturated heterocycles. The molecule has 0 radical (unpaired) electrons. The van der Waals surface area contributed by atoms with Crippen molar-refractivity contribution in [3.63, 3.8) is 0 Å². The highest BCUT2D eigenvalue weighted by Crippen LogP contribution is 2.30. The summed E-state index contributed by atoms with van der Waals surface area (Å²) in [5.41, 5.74) is 5.02. The highest BCUT2D eigenvalue weighted by molar-refractivity contribution is 6.03. The fraction of sp³-hybridized carbons (Fsp3) is 0.381. The van der Waals surface area contributed by atoms with Gasteiger partial charge in [0, 0.05) is 25.2 Å². The number of aliphatic imine (C=N–C) groups is 1. The maximum atomic E-state index is 13.2. The van der Waals surface area contributed by atoms with Crippen molar-refractivity contribution in [3.05, 3.63) is 65.2 Å². The number of hydrogen-bond acceptors (Lipinski definition) is 4. The molecule has 32 heavy (non-hydrogen) atoms. The van der Waals surface area contributed by atoms with Gasteiger partial charge in [0.1, 0.15) is 5.82 Å². The van der Waals surface area contributed by atoms with Crippen molar-refractivity contribution < 1.29 is 22.4 Å². The third kappa shape index (κ3) is 6.24. The van der Waals surface area contributed by atoms with E-state index in [0.29, 0.717) is 13.0 Å². The number of guanidine groups is 1. The van der Waals surface area contributed by atoms with Gasteiger partial charge in [0.15, 0.2) is 5.69 Å². The highest BCUT2D eigenvalue weighted by atomic mass is 19.4. The van der Waals surface area contributed by atoms with Gasteiger partial charge in [0.25, 0.3) is 5.91 Å². The first-order chi connectivity index (χ1) is 15.1. The summed E-state index contributed by atoms with van der Waals surface area (Å²) in [6.45, 7) is 4.32. The van der Waals surface area contributed by atoms with Crippen LogP contribution in [0.4, 0.5) is 17.6 Å². The van der Waals surface area contributed by atoms with Crippen molar-refractivity contribution in [3.8, 4) is 0 Å². The summed E-state index contributed by atoms with van der Waals surface area (Å²) >= 11 is 0. The van der Waals surface area contributed by atoms with Crippen LogP contribution in [0.3, 0.4) is 0 Å². The molecule has 3 rings (SSSR count). The van der Waals surface area contributed by atoms with Gasteiger partial charge in [-0.05, 0) is 35.7 Å². The van der Waals surface area contributed by atoms with Gasteiger partial charge in [-0.1, -0.05) is 26.0 Å². The molecule has 1 aromatic carbocycles. The van der Waals surface area contributed by atoms with Crippen molar-refractivity contribution in [2.45, 2.75) is 38.7 Å². The Kier molecular flexibility index (Phi) is 7.41. The molecule has 2 unspecified atom stereocenters. The van der Waals surface area contributed by atoms with Crippen LogP contribution in [0.5, 0.6) is 0 Å². The standard InChI is InChI=1S/C21H24F4N6O/c1-12(2)11-27-20(29-19(32)15-4-3-9-26-18(15)21(23,24)25)28-17-10-16(30-31-17)13-5-7-14(22)8-6-13/h3-9,12,16-17,30-31H,10-11H2,1-2H3,(H2,27,28,29,32). The number of nitrogens with zero attached hydrogens (tertiary/aromatic N) is 2. The molecule has 1 fully saturated rings. The Balaban J connectivity index is 1.76. The van der Waals surface area contributed by atoms with Gasteiger partial charge in [-0.2, -0.15) is 18.2 Å². The van der Waals surface area contributed by atoms with Crippen LogP contribution < -0.4 is 21.5 Å². The number of alkyl halides is 3. The Morgan fingerprint density at radius 1 is 1.22 bits per heavy atom. The second kappa shape index (κ2) is 10.0. The van der Waals surface area contributed by atoms with Crippen molar-refractivity contribution in [1.29, 1.82) is 0 Å². The van der Waals surface area contributed by atoms with Gasteiger partial charge >= 0.3 is 6.18 Å². The van der Waals surface area contributed by atoms with Crippen LogP contribution in [0, 0.1) is 11.7 Å². The molecule has 172 valence electrons. The number of nitrogens with one attached hydrogen (secondary N) is 4. The molecule has 4 N–H and O–H groups in total. The van der Waals surface area contributed by atoms with E-state index in [4.69, 9.17) is 0 Å². The number of hydrazine groups is 1. The monoisotopic (exact) mass is 452 g/mol. The molecule has 7 nitrogen and oxygen atoms in total. The van der Waals surface area contributed by atoms with E-state index in [1.165, 1.54) is 18.2 Å². The van der Waals surface area contributed by atoms with Crippen LogP contribution in [0.25, 0.3) is 0 Å². The second-order valence-corrected chi connectivity index (χ2v) is 7.76. The van der Waals surface area contributed by atoms with Crippen molar-refractivity contribution in [2.75, 3.05) is 6.54 Å². The van der Waals surface area contributed by atoms with E-state index < -0.39 is 23.3 Å². The fourth-order valence-electron chi connectivity index (χ4n) is 3.12. The second-order valence-electron chi connectivity index (χ2n) is 7.76. The van der Waals surface area contributed by atoms with Crippen LogP contribution in [0.15, 0.2) is 47.6 Å². The zero-order valence-electron chi connectivity index (χ0n) is 17.5. The van der Waals surface area contributed by atoms with Crippen molar-refractivity contribution in [2.24, 2.45) is 10.9 Å². The van der Waals surface area contributed by atoms with Crippen LogP contribution in [0.1, 0.15) is 47.9 Å². The predicted molar refractivity (Wildman–Crippen MR) is 111 cm³/mol. The average molecular weight is 452 g/mol. The van der Waals surface area contributed by atoms with Crippen LogP contribution in [-0.2, 0) is 6.18 Å². The number of halogens is 4. The van der Waals surface area contributed by atoms with E-state index in [0.717, 1.165) is 17.8 Å². The Morgan fingerprint density at radius 3 is 2.59 bits per heavy atom. The topological polar surface area (TPSA) is 90.4 Å². The first-order valence-electron chi connectivity index (χ1n) is 10.1. The molecule has 0 spiro atoms. The Labute approximate surface area is 182 Å². The zero-order valence-corrected chi connectivity index (χ0v) is 17.5. The van der Waals surface area contributed by atoms with Crippen molar-refractivity contribution in [1.82, 2.24) is 26.5 Å². The van der Waals surface area contributed by atoms with Crippen LogP contribution in [0.2, 0.25) is 0 Å². The number of carbonyl (C=O) groups excluding carboxylic acids is 1. The first kappa shape index (κ1) is 23.6. The summed E-state index contributed by atoms with van der Waals surface area (Å²) in [7, 11) is 0. The van der Waals surface area contributed by atoms with E-state index >= 15 is 0 Å². The lowest BCUT2D eigenvalue weighted by Gasteiger charge is -2.18. The minimum Gasteiger partial charge on any atom is -0.356 e. The molecule has 2 atom stereocenters. The molecule has 0 saturated carbocycles. The SMILES string of the molecule is CC(C)CN/C(=N/C(=O)c1cccnc1C(F)(F)F)NC1CC(c2ccc(F)cc2)NN1. The molecule has 0 aliphatic carbocycles. The van der Waals surface area contributed by atoms with Gasteiger partial charge in [-0.25, -0.2) is 15.2 Å². The molecule has 0 bridgehead atoms. The molecule has 1 aliphatic heterocycles. The highest BCUT2D eigenvalue weighted by Gasteiger charge is 2.37. The number of aromatic nitrogens is 1. The van der Waals surface area contributed by atoms with E-state index in [1.807, 2.05) is 13.8 Å². The first-order valence-corrected chi connectivity index (χ1v) is 10.1.